The monoisotopic (exact) mass is 486 g/mol. The zero-order valence-electron chi connectivity index (χ0n) is 14.2. The van der Waals surface area contributed by atoms with E-state index in [1.807, 2.05) is 66.7 Å². The van der Waals surface area contributed by atoms with Gasteiger partial charge in [0, 0.05) is 14.8 Å². The van der Waals surface area contributed by atoms with E-state index in [0.717, 1.165) is 30.0 Å². The first-order chi connectivity index (χ1) is 13.2. The number of hydrogen-bond donors (Lipinski definition) is 1. The molecule has 27 heavy (non-hydrogen) atoms. The van der Waals surface area contributed by atoms with E-state index < -0.39 is 0 Å². The molecule has 0 atom stereocenters. The van der Waals surface area contributed by atoms with Gasteiger partial charge in [-0.1, -0.05) is 12.1 Å². The highest BCUT2D eigenvalue weighted by Gasteiger charge is 2.07. The maximum atomic E-state index is 12.1. The predicted molar refractivity (Wildman–Crippen MR) is 118 cm³/mol. The number of thiazole rings is 1. The van der Waals surface area contributed by atoms with Crippen LogP contribution in [0.5, 0.6) is 5.75 Å². The van der Waals surface area contributed by atoms with E-state index in [0.29, 0.717) is 5.75 Å². The van der Waals surface area contributed by atoms with Gasteiger partial charge in [0.15, 0.2) is 6.61 Å². The molecule has 0 radical (unpaired) electrons. The summed E-state index contributed by atoms with van der Waals surface area (Å²) in [5.41, 5.74) is 2.77. The summed E-state index contributed by atoms with van der Waals surface area (Å²) < 4.78 is 7.79. The van der Waals surface area contributed by atoms with Gasteiger partial charge in [-0.3, -0.25) is 4.79 Å². The number of fused-ring (bicyclic) bond motifs is 1. The maximum Gasteiger partial charge on any atom is 0.262 e. The summed E-state index contributed by atoms with van der Waals surface area (Å²) in [4.78, 5) is 16.7. The number of benzene rings is 3. The molecule has 0 fully saturated rings. The fourth-order valence-electron chi connectivity index (χ4n) is 2.57. The molecule has 6 heteroatoms. The standard InChI is InChI=1S/C21H15IN2O2S/c22-15-7-11-17(12-8-15)26-13-20(25)23-16-9-5-14(6-10-16)21-24-18-3-1-2-4-19(18)27-21/h1-12H,13H2,(H,23,25). The average molecular weight is 486 g/mol. The van der Waals surface area contributed by atoms with Gasteiger partial charge in [-0.2, -0.15) is 0 Å². The number of hydrogen-bond acceptors (Lipinski definition) is 4. The molecule has 1 amide bonds. The molecule has 4 rings (SSSR count). The first-order valence-electron chi connectivity index (χ1n) is 8.32. The second-order valence-electron chi connectivity index (χ2n) is 5.85. The molecule has 134 valence electrons. The zero-order valence-corrected chi connectivity index (χ0v) is 17.2. The second-order valence-corrected chi connectivity index (χ2v) is 8.13. The molecule has 0 aliphatic heterocycles. The Balaban J connectivity index is 1.38. The van der Waals surface area contributed by atoms with Crippen molar-refractivity contribution in [2.45, 2.75) is 0 Å². The summed E-state index contributed by atoms with van der Waals surface area (Å²) in [5.74, 6) is 0.484. The lowest BCUT2D eigenvalue weighted by Crippen LogP contribution is -2.20. The summed E-state index contributed by atoms with van der Waals surface area (Å²) in [6.45, 7) is -0.0276. The van der Waals surface area contributed by atoms with Crippen LogP contribution in [0.25, 0.3) is 20.8 Å². The summed E-state index contributed by atoms with van der Waals surface area (Å²) >= 11 is 3.88. The van der Waals surface area contributed by atoms with E-state index in [1.54, 1.807) is 11.3 Å². The highest BCUT2D eigenvalue weighted by molar-refractivity contribution is 14.1. The third kappa shape index (κ3) is 4.45. The number of carbonyl (C=O) groups excluding carboxylic acids is 1. The van der Waals surface area contributed by atoms with Crippen molar-refractivity contribution in [2.24, 2.45) is 0 Å². The molecule has 4 aromatic rings. The van der Waals surface area contributed by atoms with Crippen molar-refractivity contribution in [3.8, 4) is 16.3 Å². The number of carbonyl (C=O) groups is 1. The Labute approximate surface area is 174 Å². The van der Waals surface area contributed by atoms with E-state index in [-0.39, 0.29) is 12.5 Å². The van der Waals surface area contributed by atoms with E-state index in [4.69, 9.17) is 4.74 Å². The lowest BCUT2D eigenvalue weighted by atomic mass is 10.2. The third-order valence-corrected chi connectivity index (χ3v) is 5.70. The maximum absolute atomic E-state index is 12.1. The quantitative estimate of drug-likeness (QED) is 0.375. The van der Waals surface area contributed by atoms with E-state index in [2.05, 4.69) is 39.0 Å². The van der Waals surface area contributed by atoms with Crippen LogP contribution in [0.1, 0.15) is 0 Å². The van der Waals surface area contributed by atoms with Crippen molar-refractivity contribution in [3.05, 3.63) is 76.4 Å². The second kappa shape index (κ2) is 8.06. The Hall–Kier alpha value is -2.45. The van der Waals surface area contributed by atoms with Crippen molar-refractivity contribution in [1.82, 2.24) is 4.98 Å². The van der Waals surface area contributed by atoms with Crippen molar-refractivity contribution < 1.29 is 9.53 Å². The molecule has 0 saturated carbocycles. The number of amides is 1. The van der Waals surface area contributed by atoms with Crippen LogP contribution >= 0.6 is 33.9 Å². The van der Waals surface area contributed by atoms with Gasteiger partial charge < -0.3 is 10.1 Å². The van der Waals surface area contributed by atoms with Crippen LogP contribution in [0, 0.1) is 3.57 Å². The lowest BCUT2D eigenvalue weighted by molar-refractivity contribution is -0.118. The minimum Gasteiger partial charge on any atom is -0.484 e. The van der Waals surface area contributed by atoms with Gasteiger partial charge in [0.05, 0.1) is 10.2 Å². The Morgan fingerprint density at radius 2 is 1.74 bits per heavy atom. The number of anilines is 1. The van der Waals surface area contributed by atoms with Crippen molar-refractivity contribution in [1.29, 1.82) is 0 Å². The van der Waals surface area contributed by atoms with Crippen molar-refractivity contribution in [2.75, 3.05) is 11.9 Å². The van der Waals surface area contributed by atoms with Crippen LogP contribution in [0.3, 0.4) is 0 Å². The first-order valence-corrected chi connectivity index (χ1v) is 10.2. The smallest absolute Gasteiger partial charge is 0.262 e. The predicted octanol–water partition coefficient (Wildman–Crippen LogP) is 5.59. The Morgan fingerprint density at radius 1 is 1.00 bits per heavy atom. The normalized spacial score (nSPS) is 10.7. The van der Waals surface area contributed by atoms with Gasteiger partial charge in [0.1, 0.15) is 10.8 Å². The highest BCUT2D eigenvalue weighted by atomic mass is 127. The van der Waals surface area contributed by atoms with Crippen molar-refractivity contribution >= 4 is 55.7 Å². The molecule has 3 aromatic carbocycles. The zero-order chi connectivity index (χ0) is 18.6. The number of aromatic nitrogens is 1. The molecule has 0 saturated heterocycles. The topological polar surface area (TPSA) is 51.2 Å². The van der Waals surface area contributed by atoms with Crippen LogP contribution in [-0.4, -0.2) is 17.5 Å². The van der Waals surface area contributed by atoms with E-state index in [9.17, 15) is 4.79 Å². The summed E-state index contributed by atoms with van der Waals surface area (Å²) in [6.07, 6.45) is 0. The van der Waals surface area contributed by atoms with Crippen LogP contribution in [-0.2, 0) is 4.79 Å². The average Bonchev–Trinajstić information content (AvgIpc) is 3.12. The van der Waals surface area contributed by atoms with Gasteiger partial charge in [0.2, 0.25) is 0 Å². The number of para-hydroxylation sites is 1. The Kier molecular flexibility index (Phi) is 5.35. The molecular weight excluding hydrogens is 471 g/mol. The molecule has 1 aromatic heterocycles. The van der Waals surface area contributed by atoms with Crippen LogP contribution in [0.2, 0.25) is 0 Å². The number of halogens is 1. The number of nitrogens with one attached hydrogen (secondary N) is 1. The Morgan fingerprint density at radius 3 is 2.48 bits per heavy atom. The molecule has 1 N–H and O–H groups in total. The fraction of sp³-hybridized carbons (Fsp3) is 0.0476. The molecule has 1 heterocycles. The molecule has 4 nitrogen and oxygen atoms in total. The molecule has 0 unspecified atom stereocenters. The fourth-order valence-corrected chi connectivity index (χ4v) is 3.90. The SMILES string of the molecule is O=C(COc1ccc(I)cc1)Nc1ccc(-c2nc3ccccc3s2)cc1. The number of nitrogens with zero attached hydrogens (tertiary/aromatic N) is 1. The minimum atomic E-state index is -0.193. The third-order valence-electron chi connectivity index (χ3n) is 3.89. The van der Waals surface area contributed by atoms with Gasteiger partial charge in [0.25, 0.3) is 5.91 Å². The lowest BCUT2D eigenvalue weighted by Gasteiger charge is -2.08. The molecule has 0 spiro atoms. The van der Waals surface area contributed by atoms with Crippen molar-refractivity contribution in [3.63, 3.8) is 0 Å². The Bertz CT molecular complexity index is 1040. The largest absolute Gasteiger partial charge is 0.484 e. The molecule has 0 aliphatic rings. The van der Waals surface area contributed by atoms with E-state index in [1.165, 1.54) is 0 Å². The number of ether oxygens (including phenoxy) is 1. The molecule has 0 bridgehead atoms. The van der Waals surface area contributed by atoms with Crippen LogP contribution in [0.15, 0.2) is 72.8 Å². The van der Waals surface area contributed by atoms with Gasteiger partial charge >= 0.3 is 0 Å². The summed E-state index contributed by atoms with van der Waals surface area (Å²) in [6, 6.07) is 23.3. The first kappa shape index (κ1) is 17.9. The van der Waals surface area contributed by atoms with Gasteiger partial charge in [-0.05, 0) is 83.3 Å². The van der Waals surface area contributed by atoms with Crippen LogP contribution in [0.4, 0.5) is 5.69 Å². The molecule has 0 aliphatic carbocycles. The molecular formula is C21H15IN2O2S. The summed E-state index contributed by atoms with van der Waals surface area (Å²) in [5, 5.41) is 3.82. The van der Waals surface area contributed by atoms with E-state index >= 15 is 0 Å². The highest BCUT2D eigenvalue weighted by Crippen LogP contribution is 2.30. The van der Waals surface area contributed by atoms with Gasteiger partial charge in [-0.15, -0.1) is 11.3 Å². The van der Waals surface area contributed by atoms with Gasteiger partial charge in [-0.25, -0.2) is 4.98 Å². The van der Waals surface area contributed by atoms with Crippen LogP contribution < -0.4 is 10.1 Å². The minimum absolute atomic E-state index is 0.0276. The summed E-state index contributed by atoms with van der Waals surface area (Å²) in [7, 11) is 0. The number of rotatable bonds is 5.